The van der Waals surface area contributed by atoms with Gasteiger partial charge in [0.2, 0.25) is 0 Å². The highest BCUT2D eigenvalue weighted by Crippen LogP contribution is 2.29. The number of aromatic nitrogens is 2. The Morgan fingerprint density at radius 1 is 1.35 bits per heavy atom. The number of carbonyl (C=O) groups excluding carboxylic acids is 1. The summed E-state index contributed by atoms with van der Waals surface area (Å²) in [5.41, 5.74) is 1.50. The summed E-state index contributed by atoms with van der Waals surface area (Å²) in [5.74, 6) is 1.13. The lowest BCUT2D eigenvalue weighted by atomic mass is 10.1. The van der Waals surface area contributed by atoms with Crippen LogP contribution in [0, 0.1) is 0 Å². The lowest BCUT2D eigenvalue weighted by Gasteiger charge is -2.23. The summed E-state index contributed by atoms with van der Waals surface area (Å²) in [7, 11) is 0. The van der Waals surface area contributed by atoms with Gasteiger partial charge in [-0.05, 0) is 38.4 Å². The van der Waals surface area contributed by atoms with Crippen LogP contribution in [-0.4, -0.2) is 35.1 Å². The predicted molar refractivity (Wildman–Crippen MR) is 101 cm³/mol. The third-order valence-electron chi connectivity index (χ3n) is 4.03. The fraction of sp³-hybridized carbons (Fsp3) is 0.316. The Kier molecular flexibility index (Phi) is 6.16. The molecule has 7 nitrogen and oxygen atoms in total. The van der Waals surface area contributed by atoms with Gasteiger partial charge in [-0.25, -0.2) is 14.8 Å². The monoisotopic (exact) mass is 353 g/mol. The van der Waals surface area contributed by atoms with E-state index in [1.165, 1.54) is 6.33 Å². The number of carbonyl (C=O) groups is 1. The Morgan fingerprint density at radius 2 is 2.23 bits per heavy atom. The molecule has 0 bridgehead atoms. The van der Waals surface area contributed by atoms with Crippen LogP contribution in [0.4, 0.5) is 10.6 Å². The van der Waals surface area contributed by atoms with Gasteiger partial charge in [-0.2, -0.15) is 0 Å². The fourth-order valence-electron chi connectivity index (χ4n) is 2.81. The van der Waals surface area contributed by atoms with E-state index in [1.54, 1.807) is 12.3 Å². The fourth-order valence-corrected chi connectivity index (χ4v) is 2.81. The number of anilines is 1. The zero-order valence-electron chi connectivity index (χ0n) is 14.7. The predicted octanol–water partition coefficient (Wildman–Crippen LogP) is 2.93. The first-order chi connectivity index (χ1) is 12.8. The first kappa shape index (κ1) is 17.9. The van der Waals surface area contributed by atoms with Crippen molar-refractivity contribution in [2.24, 2.45) is 0 Å². The van der Waals surface area contributed by atoms with E-state index in [-0.39, 0.29) is 12.1 Å². The maximum Gasteiger partial charge on any atom is 0.320 e. The summed E-state index contributed by atoms with van der Waals surface area (Å²) in [6, 6.07) is 9.20. The lowest BCUT2D eigenvalue weighted by Crippen LogP contribution is -2.47. The molecule has 1 aliphatic heterocycles. The van der Waals surface area contributed by atoms with E-state index < -0.39 is 0 Å². The van der Waals surface area contributed by atoms with Crippen LogP contribution in [0.25, 0.3) is 11.3 Å². The van der Waals surface area contributed by atoms with E-state index >= 15 is 0 Å². The zero-order chi connectivity index (χ0) is 18.2. The summed E-state index contributed by atoms with van der Waals surface area (Å²) in [5, 5.41) is 9.01. The quantitative estimate of drug-likeness (QED) is 0.719. The smallest absolute Gasteiger partial charge is 0.320 e. The summed E-state index contributed by atoms with van der Waals surface area (Å²) >= 11 is 0. The van der Waals surface area contributed by atoms with Crippen molar-refractivity contribution in [3.05, 3.63) is 49.0 Å². The van der Waals surface area contributed by atoms with E-state index in [4.69, 9.17) is 4.74 Å². The minimum absolute atomic E-state index is 0.139. The molecule has 2 aromatic rings. The molecule has 0 radical (unpaired) electrons. The van der Waals surface area contributed by atoms with E-state index in [9.17, 15) is 4.79 Å². The third kappa shape index (κ3) is 4.80. The van der Waals surface area contributed by atoms with Crippen LogP contribution >= 0.6 is 0 Å². The van der Waals surface area contributed by atoms with Crippen LogP contribution in [0.1, 0.15) is 19.8 Å². The van der Waals surface area contributed by atoms with Gasteiger partial charge in [0.1, 0.15) is 17.9 Å². The second kappa shape index (κ2) is 8.96. The minimum Gasteiger partial charge on any atom is -0.465 e. The molecule has 1 aromatic carbocycles. The largest absolute Gasteiger partial charge is 0.465 e. The van der Waals surface area contributed by atoms with Crippen molar-refractivity contribution in [1.82, 2.24) is 20.6 Å². The van der Waals surface area contributed by atoms with Crippen LogP contribution in [-0.2, 0) is 0 Å². The second-order valence-electron chi connectivity index (χ2n) is 6.01. The molecule has 7 heteroatoms. The van der Waals surface area contributed by atoms with Gasteiger partial charge in [0.25, 0.3) is 0 Å². The van der Waals surface area contributed by atoms with Crippen LogP contribution < -0.4 is 20.7 Å². The first-order valence-corrected chi connectivity index (χ1v) is 8.74. The molecular weight excluding hydrogens is 330 g/mol. The molecule has 1 atom stereocenters. The van der Waals surface area contributed by atoms with Crippen LogP contribution in [0.3, 0.4) is 0 Å². The van der Waals surface area contributed by atoms with Gasteiger partial charge in [0.15, 0.2) is 0 Å². The van der Waals surface area contributed by atoms with Crippen molar-refractivity contribution in [3.63, 3.8) is 0 Å². The van der Waals surface area contributed by atoms with Gasteiger partial charge in [-0.3, -0.25) is 5.32 Å². The van der Waals surface area contributed by atoms with E-state index in [0.717, 1.165) is 31.5 Å². The Balaban J connectivity index is 1.71. The molecule has 0 saturated carbocycles. The van der Waals surface area contributed by atoms with Gasteiger partial charge in [-0.15, -0.1) is 0 Å². The Bertz CT molecular complexity index is 772. The van der Waals surface area contributed by atoms with Crippen molar-refractivity contribution in [2.75, 3.05) is 18.4 Å². The minimum atomic E-state index is -0.262. The van der Waals surface area contributed by atoms with Gasteiger partial charge in [-0.1, -0.05) is 18.2 Å². The van der Waals surface area contributed by atoms with Crippen LogP contribution in [0.5, 0.6) is 5.75 Å². The number of nitrogens with one attached hydrogen (secondary N) is 3. The van der Waals surface area contributed by atoms with Gasteiger partial charge < -0.3 is 15.4 Å². The molecule has 26 heavy (non-hydrogen) atoms. The number of amides is 2. The number of para-hydroxylation sites is 1. The molecule has 3 N–H and O–H groups in total. The standard InChI is InChI=1S/C19H23N5O2/c1-2-10-26-17-8-4-3-7-15(17)16-11-18(22-13-21-16)24-19(25)23-14-6-5-9-20-12-14/h2-4,7-8,10-11,13-14,20H,5-6,9,12H2,1H3,(H2,21,22,23,24,25)/b10-2-. The molecule has 2 amide bonds. The summed E-state index contributed by atoms with van der Waals surface area (Å²) < 4.78 is 5.61. The first-order valence-electron chi connectivity index (χ1n) is 8.74. The van der Waals surface area contributed by atoms with Crippen molar-refractivity contribution >= 4 is 11.8 Å². The average Bonchev–Trinajstić information content (AvgIpc) is 2.67. The second-order valence-corrected chi connectivity index (χ2v) is 6.01. The summed E-state index contributed by atoms with van der Waals surface area (Å²) in [4.78, 5) is 20.6. The topological polar surface area (TPSA) is 88.2 Å². The van der Waals surface area contributed by atoms with E-state index in [2.05, 4.69) is 25.9 Å². The molecule has 1 saturated heterocycles. The van der Waals surface area contributed by atoms with Crippen LogP contribution in [0.15, 0.2) is 49.0 Å². The molecule has 3 rings (SSSR count). The number of allylic oxidation sites excluding steroid dienone is 1. The maximum atomic E-state index is 12.2. The number of urea groups is 1. The van der Waals surface area contributed by atoms with Gasteiger partial charge in [0.05, 0.1) is 12.0 Å². The van der Waals surface area contributed by atoms with Gasteiger partial charge >= 0.3 is 6.03 Å². The molecular formula is C19H23N5O2. The highest BCUT2D eigenvalue weighted by Gasteiger charge is 2.16. The third-order valence-corrected chi connectivity index (χ3v) is 4.03. The molecule has 0 aliphatic carbocycles. The Morgan fingerprint density at radius 3 is 3.04 bits per heavy atom. The number of hydrogen-bond donors (Lipinski definition) is 3. The normalized spacial score (nSPS) is 17.0. The van der Waals surface area contributed by atoms with Crippen molar-refractivity contribution in [1.29, 1.82) is 0 Å². The molecule has 2 heterocycles. The molecule has 136 valence electrons. The maximum absolute atomic E-state index is 12.2. The number of ether oxygens (including phenoxy) is 1. The molecule has 1 aliphatic rings. The van der Waals surface area contributed by atoms with E-state index in [1.807, 2.05) is 37.3 Å². The van der Waals surface area contributed by atoms with Crippen molar-refractivity contribution in [2.45, 2.75) is 25.8 Å². The lowest BCUT2D eigenvalue weighted by molar-refractivity contribution is 0.245. The van der Waals surface area contributed by atoms with Crippen LogP contribution in [0.2, 0.25) is 0 Å². The molecule has 1 aromatic heterocycles. The average molecular weight is 353 g/mol. The Labute approximate surface area is 152 Å². The zero-order valence-corrected chi connectivity index (χ0v) is 14.7. The Hall–Kier alpha value is -2.93. The number of rotatable bonds is 5. The highest BCUT2D eigenvalue weighted by atomic mass is 16.5. The summed E-state index contributed by atoms with van der Waals surface area (Å²) in [6.45, 7) is 3.68. The SMILES string of the molecule is C/C=C\Oc1ccccc1-c1cc(NC(=O)NC2CCCNC2)ncn1. The number of benzene rings is 1. The molecule has 0 spiro atoms. The number of piperidine rings is 1. The highest BCUT2D eigenvalue weighted by molar-refractivity contribution is 5.89. The number of hydrogen-bond acceptors (Lipinski definition) is 5. The molecule has 1 unspecified atom stereocenters. The molecule has 1 fully saturated rings. The van der Waals surface area contributed by atoms with Gasteiger partial charge in [0, 0.05) is 24.2 Å². The number of nitrogens with zero attached hydrogens (tertiary/aromatic N) is 2. The summed E-state index contributed by atoms with van der Waals surface area (Å²) in [6.07, 6.45) is 6.90. The van der Waals surface area contributed by atoms with Crippen molar-refractivity contribution < 1.29 is 9.53 Å². The van der Waals surface area contributed by atoms with E-state index in [0.29, 0.717) is 17.3 Å². The van der Waals surface area contributed by atoms with Crippen molar-refractivity contribution in [3.8, 4) is 17.0 Å².